The van der Waals surface area contributed by atoms with E-state index in [0.717, 1.165) is 20.5 Å². The Morgan fingerprint density at radius 3 is 2.12 bits per heavy atom. The predicted molar refractivity (Wildman–Crippen MR) is 55.5 cm³/mol. The van der Waals surface area contributed by atoms with Crippen LogP contribution in [0.15, 0.2) is 0 Å². The third-order valence-electron chi connectivity index (χ3n) is 2.74. The van der Waals surface area contributed by atoms with E-state index in [0.29, 0.717) is 6.42 Å². The van der Waals surface area contributed by atoms with Gasteiger partial charge in [-0.25, -0.2) is 4.39 Å². The minimum atomic E-state index is -5.24. The first-order valence-electron chi connectivity index (χ1n) is 5.53. The fourth-order valence-electron chi connectivity index (χ4n) is 1.50. The number of rotatable bonds is 7. The molecule has 0 aliphatic heterocycles. The Hall–Kier alpha value is -0.650. The molecule has 0 radical (unpaired) electrons. The highest BCUT2D eigenvalue weighted by Crippen LogP contribution is 2.39. The second kappa shape index (κ2) is 6.33. The number of methoxy groups -OCH3 is 1. The Morgan fingerprint density at radius 2 is 1.76 bits per heavy atom. The lowest BCUT2D eigenvalue weighted by Gasteiger charge is -2.31. The van der Waals surface area contributed by atoms with Gasteiger partial charge < -0.3 is 4.74 Å². The second-order valence-electron chi connectivity index (χ2n) is 3.97. The Bertz CT molecular complexity index is 252. The number of carbonyl (C=O) groups is 1. The molecule has 2 nitrogen and oxygen atoms in total. The van der Waals surface area contributed by atoms with Crippen molar-refractivity contribution in [3.63, 3.8) is 0 Å². The van der Waals surface area contributed by atoms with E-state index in [2.05, 4.69) is 4.74 Å². The average Bonchev–Trinajstić information content (AvgIpc) is 2.25. The molecule has 0 bridgehead atoms. The first-order valence-corrected chi connectivity index (χ1v) is 5.53. The first kappa shape index (κ1) is 16.4. The van der Waals surface area contributed by atoms with Crippen molar-refractivity contribution in [2.75, 3.05) is 7.11 Å². The molecule has 17 heavy (non-hydrogen) atoms. The molecule has 0 aliphatic carbocycles. The van der Waals surface area contributed by atoms with Gasteiger partial charge in [-0.15, -0.1) is 0 Å². The van der Waals surface area contributed by atoms with Gasteiger partial charge in [-0.1, -0.05) is 19.8 Å². The lowest BCUT2D eigenvalue weighted by atomic mass is 9.90. The molecule has 0 saturated heterocycles. The molecular weight excluding hydrogens is 240 g/mol. The van der Waals surface area contributed by atoms with Crippen LogP contribution in [0.25, 0.3) is 0 Å². The van der Waals surface area contributed by atoms with Gasteiger partial charge >= 0.3 is 6.18 Å². The summed E-state index contributed by atoms with van der Waals surface area (Å²) in [6.45, 7) is 2.75. The summed E-state index contributed by atoms with van der Waals surface area (Å²) in [6, 6.07) is 0. The molecule has 0 amide bonds. The smallest absolute Gasteiger partial charge is 0.378 e. The van der Waals surface area contributed by atoms with E-state index in [1.54, 1.807) is 0 Å². The molecule has 0 rings (SSSR count). The largest absolute Gasteiger partial charge is 0.432 e. The predicted octanol–water partition coefficient (Wildman–Crippen LogP) is 3.44. The van der Waals surface area contributed by atoms with Crippen LogP contribution in [0.4, 0.5) is 17.6 Å². The Balaban J connectivity index is 4.87. The van der Waals surface area contributed by atoms with Crippen LogP contribution in [0.5, 0.6) is 0 Å². The van der Waals surface area contributed by atoms with Crippen molar-refractivity contribution >= 4 is 5.78 Å². The summed E-state index contributed by atoms with van der Waals surface area (Å²) < 4.78 is 56.1. The number of hydrogen-bond donors (Lipinski definition) is 0. The van der Waals surface area contributed by atoms with E-state index in [1.165, 1.54) is 0 Å². The summed E-state index contributed by atoms with van der Waals surface area (Å²) in [5, 5.41) is 0. The number of hydrogen-bond acceptors (Lipinski definition) is 2. The highest BCUT2D eigenvalue weighted by Gasteiger charge is 2.64. The fourth-order valence-corrected chi connectivity index (χ4v) is 1.50. The van der Waals surface area contributed by atoms with E-state index >= 15 is 0 Å². The topological polar surface area (TPSA) is 26.3 Å². The van der Waals surface area contributed by atoms with Crippen LogP contribution in [-0.4, -0.2) is 30.8 Å². The van der Waals surface area contributed by atoms with E-state index in [-0.39, 0.29) is 6.42 Å². The minimum absolute atomic E-state index is 0.257. The summed E-state index contributed by atoms with van der Waals surface area (Å²) in [5.41, 5.74) is -3.91. The van der Waals surface area contributed by atoms with E-state index < -0.39 is 30.2 Å². The van der Waals surface area contributed by atoms with Gasteiger partial charge in [0.15, 0.2) is 5.78 Å². The maximum absolute atomic E-state index is 13.9. The molecule has 0 saturated carbocycles. The number of alkyl halides is 4. The zero-order valence-corrected chi connectivity index (χ0v) is 10.2. The van der Waals surface area contributed by atoms with Gasteiger partial charge in [0, 0.05) is 13.5 Å². The van der Waals surface area contributed by atoms with Gasteiger partial charge in [0.25, 0.3) is 5.67 Å². The maximum Gasteiger partial charge on any atom is 0.432 e. The lowest BCUT2D eigenvalue weighted by molar-refractivity contribution is -0.251. The summed E-state index contributed by atoms with van der Waals surface area (Å²) in [7, 11) is 0.948. The van der Waals surface area contributed by atoms with E-state index in [1.807, 2.05) is 6.92 Å². The molecule has 0 heterocycles. The van der Waals surface area contributed by atoms with Gasteiger partial charge in [0.2, 0.25) is 0 Å². The SMILES string of the molecule is CCCCCC(=O)C(F)(C(C)OC)C(F)(F)F. The molecule has 102 valence electrons. The molecular formula is C11H18F4O2. The normalized spacial score (nSPS) is 17.6. The van der Waals surface area contributed by atoms with Crippen molar-refractivity contribution in [1.82, 2.24) is 0 Å². The molecule has 6 heteroatoms. The molecule has 2 unspecified atom stereocenters. The summed E-state index contributed by atoms with van der Waals surface area (Å²) in [4.78, 5) is 11.4. The Labute approximate surface area is 98.3 Å². The molecule has 0 aliphatic rings. The standard InChI is InChI=1S/C11H18F4O2/c1-4-5-6-7-9(16)10(12,8(2)17-3)11(13,14)15/h8H,4-7H2,1-3H3. The third kappa shape index (κ3) is 3.66. The number of ketones is 1. The van der Waals surface area contributed by atoms with Crippen molar-refractivity contribution < 1.29 is 27.1 Å². The highest BCUT2D eigenvalue weighted by molar-refractivity contribution is 5.88. The monoisotopic (exact) mass is 258 g/mol. The van der Waals surface area contributed by atoms with Crippen LogP contribution in [-0.2, 0) is 9.53 Å². The van der Waals surface area contributed by atoms with Crippen LogP contribution in [0.3, 0.4) is 0 Å². The quantitative estimate of drug-likeness (QED) is 0.516. The van der Waals surface area contributed by atoms with Crippen molar-refractivity contribution in [3.05, 3.63) is 0 Å². The third-order valence-corrected chi connectivity index (χ3v) is 2.74. The zero-order chi connectivity index (χ0) is 13.7. The molecule has 0 spiro atoms. The van der Waals surface area contributed by atoms with Gasteiger partial charge in [0.05, 0.1) is 0 Å². The molecule has 0 aromatic carbocycles. The van der Waals surface area contributed by atoms with Crippen molar-refractivity contribution in [3.8, 4) is 0 Å². The molecule has 2 atom stereocenters. The van der Waals surface area contributed by atoms with Crippen molar-refractivity contribution in [1.29, 1.82) is 0 Å². The van der Waals surface area contributed by atoms with E-state index in [9.17, 15) is 22.4 Å². The second-order valence-corrected chi connectivity index (χ2v) is 3.97. The van der Waals surface area contributed by atoms with Crippen LogP contribution in [0.2, 0.25) is 0 Å². The van der Waals surface area contributed by atoms with Gasteiger partial charge in [-0.05, 0) is 13.3 Å². The Morgan fingerprint density at radius 1 is 1.24 bits per heavy atom. The molecule has 0 aromatic heterocycles. The van der Waals surface area contributed by atoms with Crippen LogP contribution in [0.1, 0.15) is 39.5 Å². The minimum Gasteiger partial charge on any atom is -0.378 e. The summed E-state index contributed by atoms with van der Waals surface area (Å²) >= 11 is 0. The molecule has 0 aromatic rings. The van der Waals surface area contributed by atoms with Crippen molar-refractivity contribution in [2.45, 2.75) is 57.5 Å². The zero-order valence-electron chi connectivity index (χ0n) is 10.2. The number of Topliss-reactive ketones (excluding diaryl/α,β-unsaturated/α-hetero) is 1. The van der Waals surface area contributed by atoms with Gasteiger partial charge in [-0.2, -0.15) is 13.2 Å². The molecule has 0 N–H and O–H groups in total. The average molecular weight is 258 g/mol. The highest BCUT2D eigenvalue weighted by atomic mass is 19.4. The molecule has 0 fully saturated rings. The Kier molecular flexibility index (Phi) is 6.09. The maximum atomic E-state index is 13.9. The van der Waals surface area contributed by atoms with Gasteiger partial charge in [0.1, 0.15) is 6.10 Å². The first-order chi connectivity index (χ1) is 7.71. The van der Waals surface area contributed by atoms with Crippen molar-refractivity contribution in [2.24, 2.45) is 0 Å². The van der Waals surface area contributed by atoms with Crippen LogP contribution >= 0.6 is 0 Å². The van der Waals surface area contributed by atoms with Crippen LogP contribution < -0.4 is 0 Å². The van der Waals surface area contributed by atoms with E-state index in [4.69, 9.17) is 0 Å². The fraction of sp³-hybridized carbons (Fsp3) is 0.909. The van der Waals surface area contributed by atoms with Gasteiger partial charge in [-0.3, -0.25) is 4.79 Å². The number of ether oxygens (including phenoxy) is 1. The van der Waals surface area contributed by atoms with Crippen LogP contribution in [0, 0.1) is 0 Å². The number of unbranched alkanes of at least 4 members (excludes halogenated alkanes) is 2. The number of halogens is 4. The lowest BCUT2D eigenvalue weighted by Crippen LogP contribution is -2.56. The summed E-state index contributed by atoms with van der Waals surface area (Å²) in [6.07, 6.45) is -5.90. The number of carbonyl (C=O) groups excluding carboxylic acids is 1. The summed E-state index contributed by atoms with van der Waals surface area (Å²) in [5.74, 6) is -1.45.